The highest BCUT2D eigenvalue weighted by Crippen LogP contribution is 2.07. The van der Waals surface area contributed by atoms with Gasteiger partial charge in [-0.05, 0) is 13.8 Å². The molecule has 0 aromatic rings. The van der Waals surface area contributed by atoms with Crippen LogP contribution in [0.1, 0.15) is 20.3 Å². The molecule has 0 aromatic carbocycles. The Morgan fingerprint density at radius 2 is 1.95 bits per heavy atom. The van der Waals surface area contributed by atoms with Crippen LogP contribution in [-0.4, -0.2) is 62.5 Å². The SMILES string of the molecule is CC=CC(=O)OCC[N+](C)(C)CCC(C)S(=O)(=O)O. The highest BCUT2D eigenvalue weighted by atomic mass is 32.2. The second kappa shape index (κ2) is 7.62. The lowest BCUT2D eigenvalue weighted by Gasteiger charge is -2.30. The molecule has 6 nitrogen and oxygen atoms in total. The molecule has 0 aromatic heterocycles. The maximum atomic E-state index is 11.1. The van der Waals surface area contributed by atoms with E-state index in [2.05, 4.69) is 0 Å². The zero-order valence-electron chi connectivity index (χ0n) is 12.0. The molecule has 0 bridgehead atoms. The molecule has 0 aliphatic rings. The summed E-state index contributed by atoms with van der Waals surface area (Å²) in [4.78, 5) is 11.1. The molecule has 1 atom stereocenters. The van der Waals surface area contributed by atoms with Crippen molar-refractivity contribution in [2.75, 3.05) is 33.8 Å². The Labute approximate surface area is 115 Å². The number of ether oxygens (including phenoxy) is 1. The fourth-order valence-corrected chi connectivity index (χ4v) is 1.77. The van der Waals surface area contributed by atoms with Gasteiger partial charge in [0.25, 0.3) is 10.1 Å². The predicted molar refractivity (Wildman–Crippen MR) is 73.2 cm³/mol. The number of carbonyl (C=O) groups is 1. The number of rotatable bonds is 8. The van der Waals surface area contributed by atoms with Crippen molar-refractivity contribution in [3.63, 3.8) is 0 Å². The number of esters is 1. The second-order valence-corrected chi connectivity index (χ2v) is 7.00. The molecule has 0 spiro atoms. The molecule has 0 saturated carbocycles. The van der Waals surface area contributed by atoms with Crippen LogP contribution in [0.15, 0.2) is 12.2 Å². The Morgan fingerprint density at radius 1 is 1.37 bits per heavy atom. The van der Waals surface area contributed by atoms with Crippen molar-refractivity contribution < 1.29 is 27.0 Å². The molecule has 7 heteroatoms. The van der Waals surface area contributed by atoms with Gasteiger partial charge in [0.2, 0.25) is 0 Å². The minimum atomic E-state index is -3.97. The Hall–Kier alpha value is -0.920. The molecule has 0 amide bonds. The van der Waals surface area contributed by atoms with E-state index in [1.165, 1.54) is 13.0 Å². The van der Waals surface area contributed by atoms with E-state index in [9.17, 15) is 13.2 Å². The van der Waals surface area contributed by atoms with E-state index < -0.39 is 15.4 Å². The van der Waals surface area contributed by atoms with Gasteiger partial charge in [-0.1, -0.05) is 6.08 Å². The van der Waals surface area contributed by atoms with Crippen LogP contribution in [0, 0.1) is 0 Å². The van der Waals surface area contributed by atoms with Gasteiger partial charge in [0.1, 0.15) is 13.2 Å². The fourth-order valence-electron chi connectivity index (χ4n) is 1.37. The van der Waals surface area contributed by atoms with Gasteiger partial charge in [-0.25, -0.2) is 4.79 Å². The van der Waals surface area contributed by atoms with E-state index in [1.54, 1.807) is 13.0 Å². The smallest absolute Gasteiger partial charge is 0.330 e. The van der Waals surface area contributed by atoms with Gasteiger partial charge < -0.3 is 9.22 Å². The minimum Gasteiger partial charge on any atom is -0.457 e. The predicted octanol–water partition coefficient (Wildman–Crippen LogP) is 0.849. The fraction of sp³-hybridized carbons (Fsp3) is 0.750. The number of nitrogens with zero attached hydrogens (tertiary/aromatic N) is 1. The van der Waals surface area contributed by atoms with Crippen molar-refractivity contribution in [1.29, 1.82) is 0 Å². The van der Waals surface area contributed by atoms with Crippen LogP contribution in [0.3, 0.4) is 0 Å². The standard InChI is InChI=1S/C12H23NO5S/c1-5-6-12(14)18-10-9-13(3,4)8-7-11(2)19(15,16)17/h5-6,11H,7-10H2,1-4H3/p+1. The summed E-state index contributed by atoms with van der Waals surface area (Å²) in [5.41, 5.74) is 0. The maximum Gasteiger partial charge on any atom is 0.330 e. The molecule has 0 fully saturated rings. The van der Waals surface area contributed by atoms with Crippen molar-refractivity contribution in [2.45, 2.75) is 25.5 Å². The quantitative estimate of drug-likeness (QED) is 0.311. The van der Waals surface area contributed by atoms with Gasteiger partial charge in [0, 0.05) is 12.5 Å². The zero-order valence-corrected chi connectivity index (χ0v) is 12.8. The van der Waals surface area contributed by atoms with Crippen molar-refractivity contribution in [2.24, 2.45) is 0 Å². The largest absolute Gasteiger partial charge is 0.457 e. The van der Waals surface area contributed by atoms with Crippen LogP contribution in [0.4, 0.5) is 0 Å². The summed E-state index contributed by atoms with van der Waals surface area (Å²) >= 11 is 0. The Balaban J connectivity index is 4.09. The van der Waals surface area contributed by atoms with Gasteiger partial charge in [0.15, 0.2) is 0 Å². The highest BCUT2D eigenvalue weighted by molar-refractivity contribution is 7.86. The van der Waals surface area contributed by atoms with E-state index in [0.717, 1.165) is 0 Å². The summed E-state index contributed by atoms with van der Waals surface area (Å²) in [5, 5.41) is -0.782. The van der Waals surface area contributed by atoms with Crippen LogP contribution in [0.5, 0.6) is 0 Å². The van der Waals surface area contributed by atoms with Crippen LogP contribution in [0.2, 0.25) is 0 Å². The van der Waals surface area contributed by atoms with Crippen LogP contribution in [-0.2, 0) is 19.6 Å². The lowest BCUT2D eigenvalue weighted by Crippen LogP contribution is -2.44. The van der Waals surface area contributed by atoms with Gasteiger partial charge in [-0.3, -0.25) is 4.55 Å². The number of likely N-dealkylation sites (N-methyl/N-ethyl adjacent to an activating group) is 1. The van der Waals surface area contributed by atoms with E-state index in [1.807, 2.05) is 14.1 Å². The van der Waals surface area contributed by atoms with Crippen LogP contribution in [0.25, 0.3) is 0 Å². The molecule has 0 radical (unpaired) electrons. The number of carbonyl (C=O) groups excluding carboxylic acids is 1. The van der Waals surface area contributed by atoms with Crippen LogP contribution < -0.4 is 0 Å². The van der Waals surface area contributed by atoms with Crippen molar-refractivity contribution >= 4 is 16.1 Å². The summed E-state index contributed by atoms with van der Waals surface area (Å²) in [6, 6.07) is 0. The maximum absolute atomic E-state index is 11.1. The van der Waals surface area contributed by atoms with Crippen molar-refractivity contribution in [3.05, 3.63) is 12.2 Å². The Kier molecular flexibility index (Phi) is 7.25. The Bertz CT molecular complexity index is 414. The van der Waals surface area contributed by atoms with Crippen LogP contribution >= 0.6 is 0 Å². The minimum absolute atomic E-state index is 0.274. The summed E-state index contributed by atoms with van der Waals surface area (Å²) < 4.78 is 36.2. The average molecular weight is 294 g/mol. The van der Waals surface area contributed by atoms with E-state index in [-0.39, 0.29) is 12.6 Å². The topological polar surface area (TPSA) is 80.7 Å². The molecule has 0 saturated heterocycles. The lowest BCUT2D eigenvalue weighted by atomic mass is 10.3. The summed E-state index contributed by atoms with van der Waals surface area (Å²) in [6.07, 6.45) is 3.31. The monoisotopic (exact) mass is 294 g/mol. The van der Waals surface area contributed by atoms with E-state index >= 15 is 0 Å². The molecule has 0 rings (SSSR count). The van der Waals surface area contributed by atoms with E-state index in [4.69, 9.17) is 9.29 Å². The number of quaternary nitrogens is 1. The summed E-state index contributed by atoms with van der Waals surface area (Å²) in [5.74, 6) is -0.381. The number of allylic oxidation sites excluding steroid dienone is 1. The first-order valence-electron chi connectivity index (χ1n) is 6.16. The zero-order chi connectivity index (χ0) is 15.1. The molecule has 1 unspecified atom stereocenters. The van der Waals surface area contributed by atoms with Gasteiger partial charge in [-0.15, -0.1) is 0 Å². The molecule has 0 heterocycles. The van der Waals surface area contributed by atoms with Crippen molar-refractivity contribution in [3.8, 4) is 0 Å². The Morgan fingerprint density at radius 3 is 2.42 bits per heavy atom. The molecule has 112 valence electrons. The lowest BCUT2D eigenvalue weighted by molar-refractivity contribution is -0.890. The molecular weight excluding hydrogens is 270 g/mol. The third-order valence-electron chi connectivity index (χ3n) is 2.89. The van der Waals surface area contributed by atoms with Gasteiger partial charge >= 0.3 is 5.97 Å². The number of hydrogen-bond donors (Lipinski definition) is 1. The normalized spacial score (nSPS) is 14.6. The van der Waals surface area contributed by atoms with E-state index in [0.29, 0.717) is 24.0 Å². The third-order valence-corrected chi connectivity index (χ3v) is 4.15. The third kappa shape index (κ3) is 8.74. The molecule has 0 aliphatic carbocycles. The second-order valence-electron chi connectivity index (χ2n) is 5.16. The first-order valence-corrected chi connectivity index (χ1v) is 7.66. The summed E-state index contributed by atoms with van der Waals surface area (Å²) in [6.45, 7) is 4.64. The number of hydrogen-bond acceptors (Lipinski definition) is 4. The average Bonchev–Trinajstić information content (AvgIpc) is 2.24. The van der Waals surface area contributed by atoms with Crippen molar-refractivity contribution in [1.82, 2.24) is 0 Å². The highest BCUT2D eigenvalue weighted by Gasteiger charge is 2.22. The van der Waals surface area contributed by atoms with Gasteiger partial charge in [-0.2, -0.15) is 8.42 Å². The molecule has 0 aliphatic heterocycles. The first-order chi connectivity index (χ1) is 8.58. The summed E-state index contributed by atoms with van der Waals surface area (Å²) in [7, 11) is -0.137. The first kappa shape index (κ1) is 18.1. The molecule has 1 N–H and O–H groups in total. The molecular formula is C12H24NO5S+. The molecule has 19 heavy (non-hydrogen) atoms. The van der Waals surface area contributed by atoms with Gasteiger partial charge in [0.05, 0.1) is 25.9 Å².